The lowest BCUT2D eigenvalue weighted by Crippen LogP contribution is -2.20. The highest BCUT2D eigenvalue weighted by molar-refractivity contribution is 5.68. The van der Waals surface area contributed by atoms with E-state index in [9.17, 15) is 14.4 Å². The Morgan fingerprint density at radius 3 is 0.943 bits per heavy atom. The Morgan fingerprint density at radius 2 is 0.660 bits per heavy atom. The molecule has 10 nitrogen and oxygen atoms in total. The number of rotatable bonds is 35. The van der Waals surface area contributed by atoms with Gasteiger partial charge in [-0.05, 0) is 45.1 Å². The van der Waals surface area contributed by atoms with Crippen LogP contribution in [0.25, 0.3) is 0 Å². The first-order valence-electron chi connectivity index (χ1n) is 21.9. The molecule has 0 aliphatic rings. The number of hydrogen-bond donors (Lipinski definition) is 0. The van der Waals surface area contributed by atoms with Crippen molar-refractivity contribution in [2.24, 2.45) is 0 Å². The summed E-state index contributed by atoms with van der Waals surface area (Å²) in [5.41, 5.74) is -0.467. The van der Waals surface area contributed by atoms with Gasteiger partial charge in [0.2, 0.25) is 0 Å². The third-order valence-electron chi connectivity index (χ3n) is 8.76. The quantitative estimate of drug-likeness (QED) is 0.0267. The van der Waals surface area contributed by atoms with Crippen molar-refractivity contribution in [1.82, 2.24) is 0 Å². The standard InChI is InChI=1S/C34H66O6.C9H18O4/c1-3-5-7-9-11-13-15-17-19-21-23-25-27-29-31-37-33(35)39-40-34(36)38-32-30-28-26-24-22-20-18-16-14-12-10-8-6-4-2;1-5-6-7-8(10)11-13-12-9(2,3)4/h3-32H2,1-2H3;5-7H2,1-4H3. The zero-order valence-electron chi connectivity index (χ0n) is 35.4. The first-order valence-corrected chi connectivity index (χ1v) is 21.9. The second-order valence-electron chi connectivity index (χ2n) is 15.4. The average Bonchev–Trinajstić information content (AvgIpc) is 3.12. The second kappa shape index (κ2) is 42.7. The maximum absolute atomic E-state index is 11.5. The molecule has 0 amide bonds. The number of unbranched alkanes of at least 4 members (excludes halogenated alkanes) is 27. The molecule has 0 unspecified atom stereocenters. The van der Waals surface area contributed by atoms with Crippen LogP contribution in [0.5, 0.6) is 0 Å². The van der Waals surface area contributed by atoms with E-state index < -0.39 is 23.9 Å². The molecule has 0 aromatic rings. The molecule has 53 heavy (non-hydrogen) atoms. The van der Waals surface area contributed by atoms with E-state index in [1.54, 1.807) is 20.8 Å². The van der Waals surface area contributed by atoms with Crippen molar-refractivity contribution < 1.29 is 48.4 Å². The fourth-order valence-electron chi connectivity index (χ4n) is 5.54. The monoisotopic (exact) mass is 761 g/mol. The molecule has 0 fully saturated rings. The molecule has 0 spiro atoms. The highest BCUT2D eigenvalue weighted by Gasteiger charge is 2.14. The predicted octanol–water partition coefficient (Wildman–Crippen LogP) is 14.6. The molecule has 0 atom stereocenters. The van der Waals surface area contributed by atoms with Crippen LogP contribution in [0, 0.1) is 0 Å². The Kier molecular flexibility index (Phi) is 42.7. The fraction of sp³-hybridized carbons (Fsp3) is 0.930. The summed E-state index contributed by atoms with van der Waals surface area (Å²) in [7, 11) is 0. The van der Waals surface area contributed by atoms with Crippen LogP contribution in [0.4, 0.5) is 9.59 Å². The summed E-state index contributed by atoms with van der Waals surface area (Å²) in [4.78, 5) is 51.7. The van der Waals surface area contributed by atoms with Gasteiger partial charge >= 0.3 is 18.3 Å². The van der Waals surface area contributed by atoms with Gasteiger partial charge in [0, 0.05) is 6.42 Å². The Labute approximate surface area is 325 Å². The van der Waals surface area contributed by atoms with Crippen molar-refractivity contribution >= 4 is 18.3 Å². The SMILES string of the molecule is CCCCC(=O)OOOC(C)(C)C.CCCCCCCCCCCCCCCCOC(=O)OOC(=O)OCCCCCCCCCCCCCCCC. The summed E-state index contributed by atoms with van der Waals surface area (Å²) in [6.07, 6.45) is 35.8. The van der Waals surface area contributed by atoms with E-state index in [-0.39, 0.29) is 13.2 Å². The largest absolute Gasteiger partial charge is 0.549 e. The zero-order valence-corrected chi connectivity index (χ0v) is 35.4. The van der Waals surface area contributed by atoms with E-state index in [1.807, 2.05) is 6.92 Å². The highest BCUT2D eigenvalue weighted by Crippen LogP contribution is 2.15. The number of carbonyl (C=O) groups excluding carboxylic acids is 3. The van der Waals surface area contributed by atoms with Gasteiger partial charge in [0.15, 0.2) is 0 Å². The van der Waals surface area contributed by atoms with Gasteiger partial charge in [0.05, 0.1) is 18.8 Å². The van der Waals surface area contributed by atoms with Crippen LogP contribution in [0.3, 0.4) is 0 Å². The Bertz CT molecular complexity index is 738. The van der Waals surface area contributed by atoms with Gasteiger partial charge in [-0.15, -0.1) is 0 Å². The third-order valence-corrected chi connectivity index (χ3v) is 8.76. The lowest BCUT2D eigenvalue weighted by atomic mass is 10.0. The lowest BCUT2D eigenvalue weighted by molar-refractivity contribution is -0.514. The van der Waals surface area contributed by atoms with E-state index in [1.165, 1.54) is 141 Å². The van der Waals surface area contributed by atoms with Crippen molar-refractivity contribution in [3.8, 4) is 0 Å². The van der Waals surface area contributed by atoms with Crippen LogP contribution in [-0.4, -0.2) is 37.1 Å². The van der Waals surface area contributed by atoms with Gasteiger partial charge in [-0.2, -0.15) is 24.3 Å². The van der Waals surface area contributed by atoms with Crippen molar-refractivity contribution in [1.29, 1.82) is 0 Å². The molecule has 0 aromatic heterocycles. The molecule has 0 N–H and O–H groups in total. The lowest BCUT2D eigenvalue weighted by Gasteiger charge is -2.15. The number of carbonyl (C=O) groups is 3. The van der Waals surface area contributed by atoms with Crippen LogP contribution in [-0.2, 0) is 38.9 Å². The minimum atomic E-state index is -0.997. The van der Waals surface area contributed by atoms with Crippen molar-refractivity contribution in [2.75, 3.05) is 13.2 Å². The van der Waals surface area contributed by atoms with E-state index in [2.05, 4.69) is 33.5 Å². The average molecular weight is 761 g/mol. The molecule has 0 saturated heterocycles. The second-order valence-corrected chi connectivity index (χ2v) is 15.4. The van der Waals surface area contributed by atoms with Crippen LogP contribution in [0.1, 0.15) is 241 Å². The summed E-state index contributed by atoms with van der Waals surface area (Å²) >= 11 is 0. The Hall–Kier alpha value is -2.07. The van der Waals surface area contributed by atoms with Crippen LogP contribution >= 0.6 is 0 Å². The van der Waals surface area contributed by atoms with Crippen molar-refractivity contribution in [3.63, 3.8) is 0 Å². The molecule has 0 aromatic carbocycles. The molecule has 0 radical (unpaired) electrons. The van der Waals surface area contributed by atoms with Crippen LogP contribution in [0.15, 0.2) is 0 Å². The third kappa shape index (κ3) is 49.9. The number of ether oxygens (including phenoxy) is 2. The molecule has 0 saturated carbocycles. The minimum Gasteiger partial charge on any atom is -0.432 e. The van der Waals surface area contributed by atoms with Crippen LogP contribution < -0.4 is 0 Å². The van der Waals surface area contributed by atoms with Gasteiger partial charge in [0.1, 0.15) is 0 Å². The normalized spacial score (nSPS) is 11.1. The summed E-state index contributed by atoms with van der Waals surface area (Å²) in [6, 6.07) is 0. The van der Waals surface area contributed by atoms with Gasteiger partial charge in [-0.3, -0.25) is 4.89 Å². The first kappa shape index (κ1) is 53.0. The summed E-state index contributed by atoms with van der Waals surface area (Å²) in [5.74, 6) is -0.397. The Morgan fingerprint density at radius 1 is 0.377 bits per heavy atom. The smallest absolute Gasteiger partial charge is 0.432 e. The molecule has 0 aliphatic heterocycles. The molecular formula is C43H84O10. The summed E-state index contributed by atoms with van der Waals surface area (Å²) in [5, 5.41) is 4.31. The molecule has 0 rings (SSSR count). The summed E-state index contributed by atoms with van der Waals surface area (Å²) < 4.78 is 9.87. The van der Waals surface area contributed by atoms with Gasteiger partial charge in [-0.1, -0.05) is 194 Å². The first-order chi connectivity index (χ1) is 25.7. The molecule has 0 heterocycles. The summed E-state index contributed by atoms with van der Waals surface area (Å²) in [6.45, 7) is 12.5. The van der Waals surface area contributed by atoms with E-state index in [0.29, 0.717) is 6.42 Å². The predicted molar refractivity (Wildman–Crippen MR) is 213 cm³/mol. The van der Waals surface area contributed by atoms with Gasteiger partial charge in [-0.25, -0.2) is 4.79 Å². The van der Waals surface area contributed by atoms with Gasteiger partial charge in [0.25, 0.3) is 0 Å². The zero-order chi connectivity index (χ0) is 39.5. The van der Waals surface area contributed by atoms with E-state index in [4.69, 9.17) is 14.4 Å². The molecule has 0 bridgehead atoms. The van der Waals surface area contributed by atoms with Crippen molar-refractivity contribution in [3.05, 3.63) is 0 Å². The molecule has 10 heteroatoms. The van der Waals surface area contributed by atoms with E-state index >= 15 is 0 Å². The van der Waals surface area contributed by atoms with Crippen LogP contribution in [0.2, 0.25) is 0 Å². The van der Waals surface area contributed by atoms with Gasteiger partial charge < -0.3 is 9.47 Å². The molecular weight excluding hydrogens is 676 g/mol. The highest BCUT2D eigenvalue weighted by atomic mass is 17.5. The minimum absolute atomic E-state index is 0.272. The maximum atomic E-state index is 11.5. The molecule has 316 valence electrons. The van der Waals surface area contributed by atoms with E-state index in [0.717, 1.165) is 51.4 Å². The Balaban J connectivity index is 0. The topological polar surface area (TPSA) is 116 Å². The fourth-order valence-corrected chi connectivity index (χ4v) is 5.54. The number of hydrogen-bond acceptors (Lipinski definition) is 10. The van der Waals surface area contributed by atoms with Crippen molar-refractivity contribution in [2.45, 2.75) is 246 Å². The maximum Gasteiger partial charge on any atom is 0.549 e. The molecule has 0 aliphatic carbocycles.